The summed E-state index contributed by atoms with van der Waals surface area (Å²) in [7, 11) is 3.08. The topological polar surface area (TPSA) is 137 Å². The molecule has 3 aliphatic rings. The van der Waals surface area contributed by atoms with Crippen LogP contribution in [0.15, 0.2) is 0 Å². The van der Waals surface area contributed by atoms with Gasteiger partial charge in [0.15, 0.2) is 25.0 Å². The fourth-order valence-corrected chi connectivity index (χ4v) is 5.09. The lowest BCUT2D eigenvalue weighted by atomic mass is 9.99. The van der Waals surface area contributed by atoms with E-state index in [1.165, 1.54) is 21.0 Å². The number of carbonyl (C=O) groups is 2. The van der Waals surface area contributed by atoms with Crippen molar-refractivity contribution in [3.05, 3.63) is 0 Å². The average molecular weight is 521 g/mol. The molecule has 0 aromatic rings. The lowest BCUT2D eigenvalue weighted by Gasteiger charge is -2.45. The second kappa shape index (κ2) is 12.9. The molecule has 12 nitrogen and oxygen atoms in total. The molecule has 0 saturated carbocycles. The van der Waals surface area contributed by atoms with E-state index in [0.29, 0.717) is 6.42 Å². The van der Waals surface area contributed by atoms with Crippen LogP contribution in [0.4, 0.5) is 0 Å². The van der Waals surface area contributed by atoms with Crippen LogP contribution >= 0.6 is 0 Å². The fourth-order valence-electron chi connectivity index (χ4n) is 5.09. The highest BCUT2D eigenvalue weighted by atomic mass is 16.7. The van der Waals surface area contributed by atoms with Crippen molar-refractivity contribution < 1.29 is 57.3 Å². The van der Waals surface area contributed by atoms with E-state index in [1.54, 1.807) is 27.9 Å². The third-order valence-corrected chi connectivity index (χ3v) is 6.72. The van der Waals surface area contributed by atoms with Gasteiger partial charge in [-0.05, 0) is 20.8 Å². The minimum atomic E-state index is -0.933. The van der Waals surface area contributed by atoms with Crippen LogP contribution in [0.25, 0.3) is 0 Å². The van der Waals surface area contributed by atoms with E-state index in [4.69, 9.17) is 42.6 Å². The zero-order valence-electron chi connectivity index (χ0n) is 22.0. The van der Waals surface area contributed by atoms with Gasteiger partial charge in [-0.3, -0.25) is 9.59 Å². The summed E-state index contributed by atoms with van der Waals surface area (Å²) in [6, 6.07) is 0. The second-order valence-corrected chi connectivity index (χ2v) is 9.52. The molecule has 0 unspecified atom stereocenters. The molecule has 3 saturated heterocycles. The van der Waals surface area contributed by atoms with Crippen LogP contribution < -0.4 is 0 Å². The molecule has 0 aromatic heterocycles. The first-order chi connectivity index (χ1) is 17.0. The molecule has 0 radical (unpaired) electrons. The van der Waals surface area contributed by atoms with Crippen LogP contribution in [0.3, 0.4) is 0 Å². The van der Waals surface area contributed by atoms with Gasteiger partial charge >= 0.3 is 11.9 Å². The molecule has 208 valence electrons. The SMILES string of the molecule is CO[C@@H]1C[C@H](O[C@H]2[C@@H](OC(C)=O)C[C@H](O[C@@H]3[C@@H](C)O[C@@H](O)C[C@H]3OC)O[C@@H]2C)O[C@H](C)[C@H]1OC(C)=O. The maximum Gasteiger partial charge on any atom is 0.303 e. The standard InChI is InChI=1S/C24H40O12/c1-11-23(16(28-6)8-19(27)30-11)35-21-10-18(33-14(4)25)24(13(3)32-21)36-20-9-17(29-7)22(12(2)31-20)34-15(5)26/h11-13,16-24,27H,8-10H2,1-7H3/t11-,12-,13-,16-,17-,18+,19-,20+,21+,22-,23-,24-/m1/s1. The number of methoxy groups -OCH3 is 2. The monoisotopic (exact) mass is 520 g/mol. The average Bonchev–Trinajstić information content (AvgIpc) is 2.78. The fraction of sp³-hybridized carbons (Fsp3) is 0.917. The summed E-state index contributed by atoms with van der Waals surface area (Å²) in [5.74, 6) is -0.883. The number of carbonyl (C=O) groups excluding carboxylic acids is 2. The van der Waals surface area contributed by atoms with E-state index < -0.39 is 85.7 Å². The highest BCUT2D eigenvalue weighted by molar-refractivity contribution is 5.66. The normalized spacial score (nSPS) is 43.6. The number of esters is 2. The Morgan fingerprint density at radius 1 is 0.667 bits per heavy atom. The molecule has 0 bridgehead atoms. The van der Waals surface area contributed by atoms with Crippen molar-refractivity contribution in [3.8, 4) is 0 Å². The summed E-state index contributed by atoms with van der Waals surface area (Å²) >= 11 is 0. The van der Waals surface area contributed by atoms with Gasteiger partial charge in [0.1, 0.15) is 24.4 Å². The number of hydrogen-bond donors (Lipinski definition) is 1. The maximum atomic E-state index is 11.9. The smallest absolute Gasteiger partial charge is 0.303 e. The second-order valence-electron chi connectivity index (χ2n) is 9.52. The molecule has 1 N–H and O–H groups in total. The van der Waals surface area contributed by atoms with Crippen molar-refractivity contribution in [1.29, 1.82) is 0 Å². The molecule has 0 spiro atoms. The van der Waals surface area contributed by atoms with Crippen LogP contribution in [0, 0.1) is 0 Å². The Hall–Kier alpha value is -1.38. The Kier molecular flexibility index (Phi) is 10.5. The first kappa shape index (κ1) is 29.2. The predicted molar refractivity (Wildman–Crippen MR) is 122 cm³/mol. The van der Waals surface area contributed by atoms with Crippen LogP contribution in [-0.4, -0.2) is 105 Å². The van der Waals surface area contributed by atoms with Gasteiger partial charge in [-0.25, -0.2) is 0 Å². The number of aliphatic hydroxyl groups is 1. The minimum Gasteiger partial charge on any atom is -0.459 e. The molecule has 3 heterocycles. The largest absolute Gasteiger partial charge is 0.459 e. The Bertz CT molecular complexity index is 734. The summed E-state index contributed by atoms with van der Waals surface area (Å²) in [6.07, 6.45) is -6.21. The minimum absolute atomic E-state index is 0.211. The van der Waals surface area contributed by atoms with Crippen molar-refractivity contribution in [1.82, 2.24) is 0 Å². The van der Waals surface area contributed by atoms with Gasteiger partial charge in [-0.1, -0.05) is 0 Å². The number of rotatable bonds is 8. The zero-order chi connectivity index (χ0) is 26.6. The Morgan fingerprint density at radius 3 is 1.64 bits per heavy atom. The maximum absolute atomic E-state index is 11.9. The van der Waals surface area contributed by atoms with Crippen LogP contribution in [0.1, 0.15) is 53.9 Å². The summed E-state index contributed by atoms with van der Waals surface area (Å²) in [5.41, 5.74) is 0. The van der Waals surface area contributed by atoms with E-state index in [1.807, 2.05) is 0 Å². The van der Waals surface area contributed by atoms with Gasteiger partial charge in [0.25, 0.3) is 0 Å². The van der Waals surface area contributed by atoms with Crippen LogP contribution in [0.5, 0.6) is 0 Å². The van der Waals surface area contributed by atoms with Crippen molar-refractivity contribution in [2.45, 2.75) is 128 Å². The zero-order valence-corrected chi connectivity index (χ0v) is 22.0. The summed E-state index contributed by atoms with van der Waals surface area (Å²) in [5, 5.41) is 9.88. The molecule has 3 fully saturated rings. The summed E-state index contributed by atoms with van der Waals surface area (Å²) < 4.78 is 52.0. The predicted octanol–water partition coefficient (Wildman–Crippen LogP) is 1.05. The molecular weight excluding hydrogens is 480 g/mol. The van der Waals surface area contributed by atoms with Gasteiger partial charge in [0, 0.05) is 47.3 Å². The third kappa shape index (κ3) is 7.35. The van der Waals surface area contributed by atoms with Crippen LogP contribution in [0.2, 0.25) is 0 Å². The lowest BCUT2D eigenvalue weighted by Crippen LogP contribution is -2.57. The van der Waals surface area contributed by atoms with Gasteiger partial charge in [0.05, 0.1) is 24.4 Å². The Labute approximate surface area is 211 Å². The van der Waals surface area contributed by atoms with E-state index in [2.05, 4.69) is 0 Å². The first-order valence-electron chi connectivity index (χ1n) is 12.4. The molecule has 12 heteroatoms. The van der Waals surface area contributed by atoms with Crippen molar-refractivity contribution in [2.75, 3.05) is 14.2 Å². The van der Waals surface area contributed by atoms with Gasteiger partial charge in [0.2, 0.25) is 0 Å². The van der Waals surface area contributed by atoms with Gasteiger partial charge in [-0.15, -0.1) is 0 Å². The molecule has 0 aliphatic carbocycles. The molecule has 36 heavy (non-hydrogen) atoms. The van der Waals surface area contributed by atoms with Gasteiger partial charge in [-0.2, -0.15) is 0 Å². The molecule has 12 atom stereocenters. The number of hydrogen-bond acceptors (Lipinski definition) is 12. The Balaban J connectivity index is 1.67. The van der Waals surface area contributed by atoms with Gasteiger partial charge < -0.3 is 47.7 Å². The Morgan fingerprint density at radius 2 is 1.11 bits per heavy atom. The molecule has 0 amide bonds. The quantitative estimate of drug-likeness (QED) is 0.458. The number of ether oxygens (including phenoxy) is 9. The highest BCUT2D eigenvalue weighted by Gasteiger charge is 2.47. The van der Waals surface area contributed by atoms with E-state index in [9.17, 15) is 14.7 Å². The third-order valence-electron chi connectivity index (χ3n) is 6.72. The summed E-state index contributed by atoms with van der Waals surface area (Å²) in [6.45, 7) is 8.03. The van der Waals surface area contributed by atoms with E-state index in [0.717, 1.165) is 0 Å². The van der Waals surface area contributed by atoms with Crippen LogP contribution in [-0.2, 0) is 52.2 Å². The molecule has 3 aliphatic heterocycles. The first-order valence-corrected chi connectivity index (χ1v) is 12.4. The molecule has 0 aromatic carbocycles. The summed E-state index contributed by atoms with van der Waals surface area (Å²) in [4.78, 5) is 23.4. The van der Waals surface area contributed by atoms with Crippen molar-refractivity contribution in [2.24, 2.45) is 0 Å². The molecular formula is C24H40O12. The molecule has 3 rings (SSSR count). The van der Waals surface area contributed by atoms with E-state index in [-0.39, 0.29) is 12.8 Å². The van der Waals surface area contributed by atoms with E-state index >= 15 is 0 Å². The van der Waals surface area contributed by atoms with Crippen molar-refractivity contribution >= 4 is 11.9 Å². The highest BCUT2D eigenvalue weighted by Crippen LogP contribution is 2.33. The van der Waals surface area contributed by atoms with Crippen molar-refractivity contribution in [3.63, 3.8) is 0 Å². The number of aliphatic hydroxyl groups excluding tert-OH is 1. The lowest BCUT2D eigenvalue weighted by molar-refractivity contribution is -0.333.